The number of nitrogens with two attached hydrogens (primary N) is 1. The highest BCUT2D eigenvalue weighted by molar-refractivity contribution is 5.95. The van der Waals surface area contributed by atoms with Crippen LogP contribution in [0.2, 0.25) is 0 Å². The van der Waals surface area contributed by atoms with Gasteiger partial charge in [-0.3, -0.25) is 28.8 Å². The number of aromatic amines is 1. The van der Waals surface area contributed by atoms with Gasteiger partial charge in [0.15, 0.2) is 0 Å². The summed E-state index contributed by atoms with van der Waals surface area (Å²) in [6.45, 7) is 8.94. The summed E-state index contributed by atoms with van der Waals surface area (Å²) in [5, 5.41) is 4.06. The van der Waals surface area contributed by atoms with Crippen LogP contribution in [-0.4, -0.2) is 99.0 Å². The standard InChI is InChI=1S/C52H61F4N9O5/c1-31(37-24-38(52(54,55)56)27-39(57)25-37)58-47-41-28-40(45(70-3)29-43(41)59-32(2)60-47)34-4-6-35(7-5-34)48(67)64-22-20-62(21-23-64)30-33-10-13-51(14-11-33)15-18-63(19-16-51)49(68)36-8-9-42(53)44(26-36)65-17-12-46(66)61-50(65)69/h8-9,12,17,24-29,31,33-35H,4-7,10-11,13-16,18-23,30,57H2,1-3H3,(H,58,59,60)(H,61,66,69)/t31-,34?,35?/m1/s1. The zero-order valence-corrected chi connectivity index (χ0v) is 39.9. The van der Waals surface area contributed by atoms with Crippen LogP contribution in [-0.2, 0) is 11.0 Å². The second kappa shape index (κ2) is 19.8. The van der Waals surface area contributed by atoms with Gasteiger partial charge in [-0.1, -0.05) is 0 Å². The number of amides is 2. The number of carbonyl (C=O) groups is 2. The number of aromatic nitrogens is 4. The summed E-state index contributed by atoms with van der Waals surface area (Å²) in [6, 6.07) is 12.1. The van der Waals surface area contributed by atoms with Crippen molar-refractivity contribution in [2.45, 2.75) is 96.2 Å². The van der Waals surface area contributed by atoms with Crippen LogP contribution in [0.5, 0.6) is 5.75 Å². The average molecular weight is 968 g/mol. The Morgan fingerprint density at radius 3 is 2.27 bits per heavy atom. The van der Waals surface area contributed by atoms with Gasteiger partial charge in [0.1, 0.15) is 23.2 Å². The van der Waals surface area contributed by atoms with E-state index in [1.165, 1.54) is 30.5 Å². The summed E-state index contributed by atoms with van der Waals surface area (Å²) in [6.07, 6.45) is 6.13. The van der Waals surface area contributed by atoms with Gasteiger partial charge in [0.2, 0.25) is 5.91 Å². The molecule has 9 rings (SSSR count). The molecule has 4 aliphatic rings. The van der Waals surface area contributed by atoms with Crippen LogP contribution in [0.4, 0.5) is 29.1 Å². The van der Waals surface area contributed by atoms with E-state index in [-0.39, 0.29) is 40.4 Å². The molecule has 70 heavy (non-hydrogen) atoms. The number of benzene rings is 3. The number of H-pyrrole nitrogens is 1. The molecule has 0 unspecified atom stereocenters. The molecule has 1 spiro atoms. The van der Waals surface area contributed by atoms with Gasteiger partial charge in [0, 0.05) is 86.7 Å². The highest BCUT2D eigenvalue weighted by Gasteiger charge is 2.40. The van der Waals surface area contributed by atoms with E-state index in [9.17, 15) is 36.7 Å². The van der Waals surface area contributed by atoms with Crippen molar-refractivity contribution in [1.29, 1.82) is 0 Å². The maximum absolute atomic E-state index is 14.8. The molecule has 14 nitrogen and oxygen atoms in total. The quantitative estimate of drug-likeness (QED) is 0.0915. The number of hydrogen-bond acceptors (Lipinski definition) is 10. The SMILES string of the molecule is COc1cc2nc(C)nc(N[C@H](C)c3cc(N)cc(C(F)(F)F)c3)c2cc1C1CCC(C(=O)N2CCN(CC3CCC4(CC3)CCN(C(=O)c3ccc(F)c(-n5ccc(=O)[nH]c5=O)c3)CC4)CC2)CC1. The molecule has 1 atom stereocenters. The van der Waals surface area contributed by atoms with E-state index in [2.05, 4.69) is 30.1 Å². The van der Waals surface area contributed by atoms with Crippen molar-refractivity contribution in [3.63, 3.8) is 0 Å². The number of alkyl halides is 3. The lowest BCUT2D eigenvalue weighted by molar-refractivity contribution is -0.139. The van der Waals surface area contributed by atoms with Gasteiger partial charge in [-0.2, -0.15) is 13.2 Å². The van der Waals surface area contributed by atoms with Gasteiger partial charge in [-0.15, -0.1) is 0 Å². The Morgan fingerprint density at radius 2 is 1.60 bits per heavy atom. The molecule has 0 bridgehead atoms. The van der Waals surface area contributed by atoms with Crippen LogP contribution >= 0.6 is 0 Å². The van der Waals surface area contributed by atoms with Gasteiger partial charge in [0.25, 0.3) is 11.5 Å². The number of ether oxygens (including phenoxy) is 1. The Kier molecular flexibility index (Phi) is 13.8. The number of anilines is 2. The number of nitrogens with zero attached hydrogens (tertiary/aromatic N) is 6. The van der Waals surface area contributed by atoms with E-state index < -0.39 is 34.8 Å². The predicted octanol–water partition coefficient (Wildman–Crippen LogP) is 8.23. The number of halogens is 4. The number of piperidine rings is 1. The lowest BCUT2D eigenvalue weighted by atomic mass is 9.65. The van der Waals surface area contributed by atoms with Crippen molar-refractivity contribution in [3.05, 3.63) is 116 Å². The Hall–Kier alpha value is -6.30. The molecule has 18 heteroatoms. The fraction of sp³-hybridized carbons (Fsp3) is 0.500. The zero-order valence-electron chi connectivity index (χ0n) is 39.9. The van der Waals surface area contributed by atoms with Gasteiger partial charge in [-0.05, 0) is 149 Å². The summed E-state index contributed by atoms with van der Waals surface area (Å²) < 4.78 is 62.5. The maximum atomic E-state index is 14.8. The van der Waals surface area contributed by atoms with Crippen LogP contribution in [0.25, 0.3) is 16.6 Å². The van der Waals surface area contributed by atoms with E-state index in [0.717, 1.165) is 131 Å². The molecule has 4 heterocycles. The fourth-order valence-corrected chi connectivity index (χ4v) is 11.5. The number of methoxy groups -OCH3 is 1. The summed E-state index contributed by atoms with van der Waals surface area (Å²) in [5.41, 5.74) is 6.18. The van der Waals surface area contributed by atoms with E-state index in [1.807, 2.05) is 17.0 Å². The smallest absolute Gasteiger partial charge is 0.416 e. The van der Waals surface area contributed by atoms with Crippen molar-refractivity contribution in [2.24, 2.45) is 17.3 Å². The van der Waals surface area contributed by atoms with Gasteiger partial charge in [-0.25, -0.2) is 19.2 Å². The van der Waals surface area contributed by atoms with Crippen molar-refractivity contribution in [3.8, 4) is 11.4 Å². The molecule has 2 saturated carbocycles. The Labute approximate surface area is 403 Å². The number of piperazine rings is 1. The maximum Gasteiger partial charge on any atom is 0.416 e. The largest absolute Gasteiger partial charge is 0.496 e. The third-order valence-corrected chi connectivity index (χ3v) is 15.6. The third-order valence-electron chi connectivity index (χ3n) is 15.6. The molecule has 5 aromatic rings. The lowest BCUT2D eigenvalue weighted by Gasteiger charge is -2.47. The molecule has 2 aromatic heterocycles. The average Bonchev–Trinajstić information content (AvgIpc) is 3.34. The lowest BCUT2D eigenvalue weighted by Crippen LogP contribution is -2.52. The Morgan fingerprint density at radius 1 is 0.886 bits per heavy atom. The first-order valence-corrected chi connectivity index (χ1v) is 24.5. The Bertz CT molecular complexity index is 2870. The topological polar surface area (TPSA) is 172 Å². The normalized spacial score (nSPS) is 20.7. The molecule has 3 aromatic carbocycles. The van der Waals surface area contributed by atoms with E-state index >= 15 is 0 Å². The van der Waals surface area contributed by atoms with Crippen LogP contribution < -0.4 is 27.0 Å². The fourth-order valence-electron chi connectivity index (χ4n) is 11.5. The minimum absolute atomic E-state index is 0.0271. The molecule has 2 amide bonds. The first kappa shape index (κ1) is 48.7. The highest BCUT2D eigenvalue weighted by Crippen LogP contribution is 2.47. The summed E-state index contributed by atoms with van der Waals surface area (Å²) in [7, 11) is 1.63. The summed E-state index contributed by atoms with van der Waals surface area (Å²) in [4.78, 5) is 69.2. The summed E-state index contributed by atoms with van der Waals surface area (Å²) >= 11 is 0. The van der Waals surface area contributed by atoms with Crippen molar-refractivity contribution in [1.82, 2.24) is 34.2 Å². The zero-order chi connectivity index (χ0) is 49.5. The van der Waals surface area contributed by atoms with Crippen molar-refractivity contribution in [2.75, 3.05) is 64.0 Å². The third kappa shape index (κ3) is 10.4. The predicted molar refractivity (Wildman–Crippen MR) is 259 cm³/mol. The van der Waals surface area contributed by atoms with E-state index in [4.69, 9.17) is 10.5 Å². The number of nitrogen functional groups attached to an aromatic ring is 1. The Balaban J connectivity index is 0.741. The molecule has 0 radical (unpaired) electrons. The van der Waals surface area contributed by atoms with Crippen LogP contribution in [0, 0.1) is 30.0 Å². The number of nitrogens with one attached hydrogen (secondary N) is 2. The minimum Gasteiger partial charge on any atom is -0.496 e. The number of carbonyl (C=O) groups excluding carboxylic acids is 2. The summed E-state index contributed by atoms with van der Waals surface area (Å²) in [5.74, 6) is 1.75. The second-order valence-corrected chi connectivity index (χ2v) is 20.0. The molecule has 2 saturated heterocycles. The first-order chi connectivity index (χ1) is 33.5. The van der Waals surface area contributed by atoms with Crippen LogP contribution in [0.3, 0.4) is 0 Å². The van der Waals surface area contributed by atoms with Crippen molar-refractivity contribution >= 4 is 34.2 Å². The van der Waals surface area contributed by atoms with Crippen LogP contribution in [0.1, 0.15) is 116 Å². The number of hydrogen-bond donors (Lipinski definition) is 3. The molecule has 4 N–H and O–H groups in total. The molecule has 2 aliphatic carbocycles. The number of likely N-dealkylation sites (tertiary alicyclic amines) is 1. The highest BCUT2D eigenvalue weighted by atomic mass is 19.4. The number of fused-ring (bicyclic) bond motifs is 1. The monoisotopic (exact) mass is 967 g/mol. The number of rotatable bonds is 10. The molecular weight excluding hydrogens is 907 g/mol. The molecule has 4 fully saturated rings. The minimum atomic E-state index is -4.53. The first-order valence-electron chi connectivity index (χ1n) is 24.5. The molecular formula is C52H61F4N9O5. The van der Waals surface area contributed by atoms with Gasteiger partial charge < -0.3 is 25.6 Å². The van der Waals surface area contributed by atoms with Crippen molar-refractivity contribution < 1.29 is 31.9 Å². The van der Waals surface area contributed by atoms with E-state index in [0.29, 0.717) is 53.0 Å². The second-order valence-electron chi connectivity index (χ2n) is 20.0. The van der Waals surface area contributed by atoms with E-state index in [1.54, 1.807) is 21.0 Å². The van der Waals surface area contributed by atoms with Gasteiger partial charge >= 0.3 is 11.9 Å². The molecule has 2 aliphatic heterocycles. The molecule has 372 valence electrons. The number of aryl methyl sites for hydroxylation is 1. The van der Waals surface area contributed by atoms with Gasteiger partial charge in [0.05, 0.1) is 29.9 Å². The van der Waals surface area contributed by atoms with Crippen LogP contribution in [0.15, 0.2) is 70.4 Å².